The van der Waals surface area contributed by atoms with E-state index in [2.05, 4.69) is 6.92 Å². The smallest absolute Gasteiger partial charge is 0.115 e. The summed E-state index contributed by atoms with van der Waals surface area (Å²) < 4.78 is 0. The molecular formula is C11H18N2O. The van der Waals surface area contributed by atoms with Crippen molar-refractivity contribution in [3.05, 3.63) is 29.8 Å². The molecule has 14 heavy (non-hydrogen) atoms. The maximum atomic E-state index is 9.29. The molecule has 0 amide bonds. The molecule has 0 bridgehead atoms. The SMILES string of the molecule is CCCCC(N)(N)c1cccc(O)c1. The van der Waals surface area contributed by atoms with Gasteiger partial charge in [0.05, 0.1) is 5.66 Å². The van der Waals surface area contributed by atoms with E-state index in [1.807, 2.05) is 6.07 Å². The molecule has 1 aromatic rings. The lowest BCUT2D eigenvalue weighted by molar-refractivity contribution is 0.404. The number of benzene rings is 1. The summed E-state index contributed by atoms with van der Waals surface area (Å²) in [6.45, 7) is 2.10. The molecule has 1 aromatic carbocycles. The highest BCUT2D eigenvalue weighted by Crippen LogP contribution is 2.22. The Hall–Kier alpha value is -1.06. The predicted octanol–water partition coefficient (Wildman–Crippen LogP) is 1.65. The van der Waals surface area contributed by atoms with E-state index in [4.69, 9.17) is 11.5 Å². The minimum Gasteiger partial charge on any atom is -0.508 e. The number of rotatable bonds is 4. The van der Waals surface area contributed by atoms with E-state index in [0.717, 1.165) is 24.8 Å². The van der Waals surface area contributed by atoms with Crippen molar-refractivity contribution in [1.82, 2.24) is 0 Å². The van der Waals surface area contributed by atoms with Crippen LogP contribution in [0, 0.1) is 0 Å². The highest BCUT2D eigenvalue weighted by atomic mass is 16.3. The van der Waals surface area contributed by atoms with E-state index >= 15 is 0 Å². The Morgan fingerprint density at radius 2 is 2.07 bits per heavy atom. The molecule has 3 heteroatoms. The quantitative estimate of drug-likeness (QED) is 0.638. The number of hydrogen-bond acceptors (Lipinski definition) is 3. The molecule has 3 nitrogen and oxygen atoms in total. The normalized spacial score (nSPS) is 11.6. The summed E-state index contributed by atoms with van der Waals surface area (Å²) >= 11 is 0. The summed E-state index contributed by atoms with van der Waals surface area (Å²) in [4.78, 5) is 0. The topological polar surface area (TPSA) is 72.3 Å². The fourth-order valence-corrected chi connectivity index (χ4v) is 1.41. The van der Waals surface area contributed by atoms with E-state index in [-0.39, 0.29) is 5.75 Å². The number of aromatic hydroxyl groups is 1. The van der Waals surface area contributed by atoms with Gasteiger partial charge in [-0.1, -0.05) is 31.9 Å². The Morgan fingerprint density at radius 3 is 2.64 bits per heavy atom. The second kappa shape index (κ2) is 4.44. The van der Waals surface area contributed by atoms with Crippen molar-refractivity contribution in [2.24, 2.45) is 11.5 Å². The van der Waals surface area contributed by atoms with Crippen LogP contribution in [0.15, 0.2) is 24.3 Å². The van der Waals surface area contributed by atoms with Crippen molar-refractivity contribution in [1.29, 1.82) is 0 Å². The summed E-state index contributed by atoms with van der Waals surface area (Å²) in [6.07, 6.45) is 2.78. The fraction of sp³-hybridized carbons (Fsp3) is 0.455. The Labute approximate surface area is 84.7 Å². The van der Waals surface area contributed by atoms with Crippen LogP contribution >= 0.6 is 0 Å². The van der Waals surface area contributed by atoms with Crippen LogP contribution in [0.25, 0.3) is 0 Å². The van der Waals surface area contributed by atoms with Crippen LogP contribution < -0.4 is 11.5 Å². The van der Waals surface area contributed by atoms with Crippen LogP contribution in [0.4, 0.5) is 0 Å². The van der Waals surface area contributed by atoms with Gasteiger partial charge in [-0.05, 0) is 24.1 Å². The third kappa shape index (κ3) is 2.72. The Balaban J connectivity index is 2.80. The van der Waals surface area contributed by atoms with Crippen molar-refractivity contribution >= 4 is 0 Å². The van der Waals surface area contributed by atoms with E-state index in [0.29, 0.717) is 0 Å². The molecule has 0 aliphatic rings. The zero-order valence-corrected chi connectivity index (χ0v) is 8.53. The Kier molecular flexibility index (Phi) is 3.49. The van der Waals surface area contributed by atoms with Crippen molar-refractivity contribution in [3.8, 4) is 5.75 Å². The standard InChI is InChI=1S/C11H18N2O/c1-2-3-7-11(12,13)9-5-4-6-10(14)8-9/h4-6,8,14H,2-3,7,12-13H2,1H3. The molecule has 0 unspecified atom stereocenters. The van der Waals surface area contributed by atoms with Crippen LogP contribution in [0.3, 0.4) is 0 Å². The molecule has 0 aromatic heterocycles. The highest BCUT2D eigenvalue weighted by molar-refractivity contribution is 5.31. The summed E-state index contributed by atoms with van der Waals surface area (Å²) in [5, 5.41) is 9.29. The van der Waals surface area contributed by atoms with E-state index in [9.17, 15) is 5.11 Å². The van der Waals surface area contributed by atoms with E-state index < -0.39 is 5.66 Å². The van der Waals surface area contributed by atoms with Gasteiger partial charge in [0, 0.05) is 0 Å². The number of unbranched alkanes of at least 4 members (excludes halogenated alkanes) is 1. The monoisotopic (exact) mass is 194 g/mol. The Morgan fingerprint density at radius 1 is 1.36 bits per heavy atom. The average molecular weight is 194 g/mol. The first kappa shape index (κ1) is 11.0. The lowest BCUT2D eigenvalue weighted by Crippen LogP contribution is -2.45. The highest BCUT2D eigenvalue weighted by Gasteiger charge is 2.20. The third-order valence-corrected chi connectivity index (χ3v) is 2.33. The lowest BCUT2D eigenvalue weighted by Gasteiger charge is -2.25. The number of nitrogens with two attached hydrogens (primary N) is 2. The van der Waals surface area contributed by atoms with Gasteiger partial charge in [0.25, 0.3) is 0 Å². The summed E-state index contributed by atoms with van der Waals surface area (Å²) in [5.41, 5.74) is 11.9. The second-order valence-electron chi connectivity index (χ2n) is 3.69. The minimum atomic E-state index is -0.825. The third-order valence-electron chi connectivity index (χ3n) is 2.33. The summed E-state index contributed by atoms with van der Waals surface area (Å²) in [5.74, 6) is 0.208. The molecule has 0 spiro atoms. The molecule has 0 atom stereocenters. The van der Waals surface area contributed by atoms with Gasteiger partial charge >= 0.3 is 0 Å². The largest absolute Gasteiger partial charge is 0.508 e. The van der Waals surface area contributed by atoms with Gasteiger partial charge in [-0.15, -0.1) is 0 Å². The molecule has 0 heterocycles. The van der Waals surface area contributed by atoms with Crippen LogP contribution in [-0.4, -0.2) is 5.11 Å². The summed E-state index contributed by atoms with van der Waals surface area (Å²) in [7, 11) is 0. The first-order valence-electron chi connectivity index (χ1n) is 4.93. The number of hydrogen-bond donors (Lipinski definition) is 3. The zero-order chi connectivity index (χ0) is 10.6. The van der Waals surface area contributed by atoms with Gasteiger partial charge in [0.15, 0.2) is 0 Å². The van der Waals surface area contributed by atoms with Gasteiger partial charge in [-0.25, -0.2) is 0 Å². The van der Waals surface area contributed by atoms with Gasteiger partial charge in [-0.3, -0.25) is 0 Å². The van der Waals surface area contributed by atoms with Gasteiger partial charge in [-0.2, -0.15) is 0 Å². The van der Waals surface area contributed by atoms with Gasteiger partial charge < -0.3 is 16.6 Å². The number of phenolic OH excluding ortho intramolecular Hbond substituents is 1. The molecule has 0 aliphatic carbocycles. The molecule has 0 radical (unpaired) electrons. The van der Waals surface area contributed by atoms with E-state index in [1.165, 1.54) is 0 Å². The average Bonchev–Trinajstić information content (AvgIpc) is 2.15. The second-order valence-corrected chi connectivity index (χ2v) is 3.69. The maximum Gasteiger partial charge on any atom is 0.115 e. The molecule has 0 saturated heterocycles. The molecular weight excluding hydrogens is 176 g/mol. The van der Waals surface area contributed by atoms with Gasteiger partial charge in [0.2, 0.25) is 0 Å². The van der Waals surface area contributed by atoms with E-state index in [1.54, 1.807) is 18.2 Å². The van der Waals surface area contributed by atoms with Crippen molar-refractivity contribution in [2.75, 3.05) is 0 Å². The van der Waals surface area contributed by atoms with Crippen LogP contribution in [0.2, 0.25) is 0 Å². The predicted molar refractivity (Wildman–Crippen MR) is 57.7 cm³/mol. The van der Waals surface area contributed by atoms with Crippen LogP contribution in [0.1, 0.15) is 31.7 Å². The molecule has 0 saturated carbocycles. The van der Waals surface area contributed by atoms with Crippen molar-refractivity contribution < 1.29 is 5.11 Å². The Bertz CT molecular complexity index is 297. The van der Waals surface area contributed by atoms with Gasteiger partial charge in [0.1, 0.15) is 5.75 Å². The van der Waals surface area contributed by atoms with Crippen LogP contribution in [-0.2, 0) is 5.66 Å². The summed E-state index contributed by atoms with van der Waals surface area (Å²) in [6, 6.07) is 6.83. The van der Waals surface area contributed by atoms with Crippen molar-refractivity contribution in [2.45, 2.75) is 31.8 Å². The zero-order valence-electron chi connectivity index (χ0n) is 8.53. The molecule has 78 valence electrons. The lowest BCUT2D eigenvalue weighted by atomic mass is 9.95. The first-order valence-corrected chi connectivity index (χ1v) is 4.93. The fourth-order valence-electron chi connectivity index (χ4n) is 1.41. The first-order chi connectivity index (χ1) is 6.56. The maximum absolute atomic E-state index is 9.29. The van der Waals surface area contributed by atoms with Crippen LogP contribution in [0.5, 0.6) is 5.75 Å². The van der Waals surface area contributed by atoms with Crippen molar-refractivity contribution in [3.63, 3.8) is 0 Å². The molecule has 0 aliphatic heterocycles. The number of phenols is 1. The molecule has 0 fully saturated rings. The molecule has 5 N–H and O–H groups in total. The minimum absolute atomic E-state index is 0.208. The molecule has 1 rings (SSSR count).